The zero-order chi connectivity index (χ0) is 14.8. The van der Waals surface area contributed by atoms with Crippen LogP contribution >= 0.6 is 11.6 Å². The summed E-state index contributed by atoms with van der Waals surface area (Å²) in [5.41, 5.74) is 6.62. The number of nitrogen functional groups attached to an aromatic ring is 1. The van der Waals surface area contributed by atoms with Gasteiger partial charge in [0.2, 0.25) is 11.9 Å². The molecule has 2 heterocycles. The monoisotopic (exact) mass is 302 g/mol. The predicted molar refractivity (Wildman–Crippen MR) is 79.8 cm³/mol. The van der Waals surface area contributed by atoms with Crippen LogP contribution in [-0.2, 0) is 11.3 Å². The number of carbonyl (C=O) groups is 1. The van der Waals surface area contributed by atoms with Crippen molar-refractivity contribution in [3.8, 4) is 0 Å². The SMILES string of the molecule is Nc1ncn(CC(=O)Nc2ccc(Cl)c3cccnc23)n1. The highest BCUT2D eigenvalue weighted by molar-refractivity contribution is 6.35. The number of fused-ring (bicyclic) bond motifs is 1. The Morgan fingerprint density at radius 1 is 1.33 bits per heavy atom. The van der Waals surface area contributed by atoms with Gasteiger partial charge < -0.3 is 11.1 Å². The molecule has 0 aliphatic carbocycles. The highest BCUT2D eigenvalue weighted by Crippen LogP contribution is 2.27. The molecule has 0 saturated heterocycles. The van der Waals surface area contributed by atoms with E-state index in [4.69, 9.17) is 17.3 Å². The molecule has 3 N–H and O–H groups in total. The molecule has 7 nitrogen and oxygen atoms in total. The highest BCUT2D eigenvalue weighted by atomic mass is 35.5. The van der Waals surface area contributed by atoms with Gasteiger partial charge in [-0.2, -0.15) is 0 Å². The molecule has 2 aromatic heterocycles. The zero-order valence-corrected chi connectivity index (χ0v) is 11.6. The highest BCUT2D eigenvalue weighted by Gasteiger charge is 2.10. The third-order valence-corrected chi connectivity index (χ3v) is 3.18. The van der Waals surface area contributed by atoms with Crippen LogP contribution in [0.3, 0.4) is 0 Å². The van der Waals surface area contributed by atoms with Gasteiger partial charge in [0, 0.05) is 11.6 Å². The molecule has 0 fully saturated rings. The number of nitrogens with two attached hydrogens (primary N) is 1. The van der Waals surface area contributed by atoms with Gasteiger partial charge in [-0.05, 0) is 24.3 Å². The van der Waals surface area contributed by atoms with Gasteiger partial charge in [-0.1, -0.05) is 11.6 Å². The smallest absolute Gasteiger partial charge is 0.246 e. The van der Waals surface area contributed by atoms with Crippen molar-refractivity contribution in [2.24, 2.45) is 0 Å². The normalized spacial score (nSPS) is 10.7. The first-order chi connectivity index (χ1) is 10.1. The van der Waals surface area contributed by atoms with Gasteiger partial charge in [0.1, 0.15) is 12.9 Å². The molecule has 0 saturated carbocycles. The van der Waals surface area contributed by atoms with Gasteiger partial charge in [0.05, 0.1) is 16.2 Å². The second-order valence-electron chi connectivity index (χ2n) is 4.34. The van der Waals surface area contributed by atoms with Crippen molar-refractivity contribution in [1.82, 2.24) is 19.7 Å². The Morgan fingerprint density at radius 2 is 2.19 bits per heavy atom. The Kier molecular flexibility index (Phi) is 3.41. The molecule has 21 heavy (non-hydrogen) atoms. The predicted octanol–water partition coefficient (Wildman–Crippen LogP) is 1.70. The number of aromatic nitrogens is 4. The molecule has 0 bridgehead atoms. The molecule has 8 heteroatoms. The molecule has 0 atom stereocenters. The first-order valence-electron chi connectivity index (χ1n) is 6.11. The number of pyridine rings is 1. The summed E-state index contributed by atoms with van der Waals surface area (Å²) in [6.07, 6.45) is 3.04. The molecular weight excluding hydrogens is 292 g/mol. The Balaban J connectivity index is 1.85. The van der Waals surface area contributed by atoms with Crippen LogP contribution in [0.15, 0.2) is 36.8 Å². The van der Waals surface area contributed by atoms with E-state index in [0.717, 1.165) is 5.39 Å². The van der Waals surface area contributed by atoms with Crippen molar-refractivity contribution in [2.75, 3.05) is 11.1 Å². The lowest BCUT2D eigenvalue weighted by atomic mass is 10.2. The Morgan fingerprint density at radius 3 is 2.95 bits per heavy atom. The van der Waals surface area contributed by atoms with E-state index >= 15 is 0 Å². The molecule has 0 aliphatic rings. The number of nitrogens with zero attached hydrogens (tertiary/aromatic N) is 4. The Hall–Kier alpha value is -2.67. The molecule has 1 aromatic carbocycles. The Labute approximate surface area is 124 Å². The van der Waals surface area contributed by atoms with Gasteiger partial charge in [-0.15, -0.1) is 5.10 Å². The fourth-order valence-electron chi connectivity index (χ4n) is 1.96. The average molecular weight is 303 g/mol. The van der Waals surface area contributed by atoms with Crippen LogP contribution in [-0.4, -0.2) is 25.7 Å². The largest absolute Gasteiger partial charge is 0.367 e. The quantitative estimate of drug-likeness (QED) is 0.767. The van der Waals surface area contributed by atoms with Crippen molar-refractivity contribution in [1.29, 1.82) is 0 Å². The number of rotatable bonds is 3. The lowest BCUT2D eigenvalue weighted by Gasteiger charge is -2.08. The van der Waals surface area contributed by atoms with Crippen molar-refractivity contribution < 1.29 is 4.79 Å². The maximum absolute atomic E-state index is 12.0. The van der Waals surface area contributed by atoms with Crippen LogP contribution in [0, 0.1) is 0 Å². The van der Waals surface area contributed by atoms with Gasteiger partial charge >= 0.3 is 0 Å². The molecule has 0 spiro atoms. The zero-order valence-electron chi connectivity index (χ0n) is 10.8. The molecular formula is C13H11ClN6O. The minimum absolute atomic E-state index is 0.0150. The molecule has 0 radical (unpaired) electrons. The number of carbonyl (C=O) groups excluding carboxylic acids is 1. The lowest BCUT2D eigenvalue weighted by molar-refractivity contribution is -0.116. The van der Waals surface area contributed by atoms with E-state index in [-0.39, 0.29) is 18.4 Å². The summed E-state index contributed by atoms with van der Waals surface area (Å²) in [7, 11) is 0. The van der Waals surface area contributed by atoms with Gasteiger partial charge in [0.25, 0.3) is 0 Å². The summed E-state index contributed by atoms with van der Waals surface area (Å²) in [6.45, 7) is 0.0150. The van der Waals surface area contributed by atoms with Gasteiger partial charge in [-0.25, -0.2) is 9.67 Å². The second kappa shape index (κ2) is 5.37. The minimum Gasteiger partial charge on any atom is -0.367 e. The summed E-state index contributed by atoms with van der Waals surface area (Å²) in [6, 6.07) is 7.07. The fraction of sp³-hybridized carbons (Fsp3) is 0.0769. The van der Waals surface area contributed by atoms with Crippen molar-refractivity contribution in [2.45, 2.75) is 6.54 Å². The summed E-state index contributed by atoms with van der Waals surface area (Å²) < 4.78 is 1.36. The van der Waals surface area contributed by atoms with E-state index in [2.05, 4.69) is 20.4 Å². The topological polar surface area (TPSA) is 98.7 Å². The first-order valence-corrected chi connectivity index (χ1v) is 6.49. The van der Waals surface area contributed by atoms with Crippen molar-refractivity contribution in [3.63, 3.8) is 0 Å². The van der Waals surface area contributed by atoms with E-state index in [1.165, 1.54) is 11.0 Å². The summed E-state index contributed by atoms with van der Waals surface area (Å²) >= 11 is 6.11. The maximum atomic E-state index is 12.0. The summed E-state index contributed by atoms with van der Waals surface area (Å²) in [5.74, 6) is -0.129. The molecule has 0 unspecified atom stereocenters. The lowest BCUT2D eigenvalue weighted by Crippen LogP contribution is -2.19. The molecule has 1 amide bonds. The van der Waals surface area contributed by atoms with Crippen molar-refractivity contribution >= 4 is 40.0 Å². The van der Waals surface area contributed by atoms with Crippen LogP contribution < -0.4 is 11.1 Å². The van der Waals surface area contributed by atoms with E-state index in [1.807, 2.05) is 6.07 Å². The minimum atomic E-state index is -0.255. The third kappa shape index (κ3) is 2.77. The number of anilines is 2. The number of hydrogen-bond acceptors (Lipinski definition) is 5. The van der Waals surface area contributed by atoms with E-state index < -0.39 is 0 Å². The number of halogens is 1. The van der Waals surface area contributed by atoms with Gasteiger partial charge in [0.15, 0.2) is 0 Å². The summed E-state index contributed by atoms with van der Waals surface area (Å²) in [4.78, 5) is 20.0. The van der Waals surface area contributed by atoms with E-state index in [9.17, 15) is 4.79 Å². The van der Waals surface area contributed by atoms with E-state index in [0.29, 0.717) is 16.2 Å². The molecule has 3 aromatic rings. The standard InChI is InChI=1S/C13H11ClN6O/c14-9-3-4-10(12-8(9)2-1-5-16-12)18-11(21)6-20-7-17-13(15)19-20/h1-5,7H,6H2,(H2,15,19)(H,18,21). The van der Waals surface area contributed by atoms with Crippen LogP contribution in [0.1, 0.15) is 0 Å². The number of nitrogens with one attached hydrogen (secondary N) is 1. The van der Waals surface area contributed by atoms with Crippen LogP contribution in [0.4, 0.5) is 11.6 Å². The van der Waals surface area contributed by atoms with E-state index in [1.54, 1.807) is 24.4 Å². The first kappa shape index (κ1) is 13.3. The number of amides is 1. The number of benzene rings is 1. The summed E-state index contributed by atoms with van der Waals surface area (Å²) in [5, 5.41) is 8.00. The van der Waals surface area contributed by atoms with Crippen LogP contribution in [0.25, 0.3) is 10.9 Å². The Bertz CT molecular complexity index is 815. The van der Waals surface area contributed by atoms with Crippen LogP contribution in [0.5, 0.6) is 0 Å². The van der Waals surface area contributed by atoms with Crippen molar-refractivity contribution in [3.05, 3.63) is 41.8 Å². The van der Waals surface area contributed by atoms with Gasteiger partial charge in [-0.3, -0.25) is 9.78 Å². The average Bonchev–Trinajstić information content (AvgIpc) is 2.87. The fourth-order valence-corrected chi connectivity index (χ4v) is 2.18. The van der Waals surface area contributed by atoms with Crippen LogP contribution in [0.2, 0.25) is 5.02 Å². The molecule has 106 valence electrons. The second-order valence-corrected chi connectivity index (χ2v) is 4.75. The third-order valence-electron chi connectivity index (χ3n) is 2.85. The molecule has 3 rings (SSSR count). The maximum Gasteiger partial charge on any atom is 0.246 e. The molecule has 0 aliphatic heterocycles. The number of hydrogen-bond donors (Lipinski definition) is 2.